The average Bonchev–Trinajstić information content (AvgIpc) is 2.32. The molecule has 1 N–H and O–H groups in total. The summed E-state index contributed by atoms with van der Waals surface area (Å²) in [6.07, 6.45) is 0. The number of anilines is 1. The molecule has 0 aliphatic heterocycles. The van der Waals surface area contributed by atoms with Gasteiger partial charge in [-0.3, -0.25) is 4.79 Å². The van der Waals surface area contributed by atoms with E-state index in [2.05, 4.69) is 37.2 Å². The fourth-order valence-corrected chi connectivity index (χ4v) is 2.59. The summed E-state index contributed by atoms with van der Waals surface area (Å²) in [5, 5.41) is 2.75. The number of benzene rings is 2. The predicted molar refractivity (Wildman–Crippen MR) is 80.9 cm³/mol. The van der Waals surface area contributed by atoms with Crippen molar-refractivity contribution in [3.63, 3.8) is 0 Å². The first-order chi connectivity index (χ1) is 8.97. The van der Waals surface area contributed by atoms with Crippen molar-refractivity contribution in [2.45, 2.75) is 6.92 Å². The number of rotatable bonds is 2. The Morgan fingerprint density at radius 1 is 1.16 bits per heavy atom. The summed E-state index contributed by atoms with van der Waals surface area (Å²) in [6, 6.07) is 9.55. The zero-order valence-electron chi connectivity index (χ0n) is 10.0. The van der Waals surface area contributed by atoms with Crippen LogP contribution in [0.1, 0.15) is 15.9 Å². The smallest absolute Gasteiger partial charge is 0.255 e. The third-order valence-corrected chi connectivity index (χ3v) is 3.76. The Morgan fingerprint density at radius 3 is 2.53 bits per heavy atom. The first-order valence-electron chi connectivity index (χ1n) is 5.50. The molecule has 0 saturated carbocycles. The van der Waals surface area contributed by atoms with Crippen molar-refractivity contribution in [3.8, 4) is 0 Å². The van der Waals surface area contributed by atoms with Crippen LogP contribution in [0.4, 0.5) is 10.1 Å². The molecule has 2 nitrogen and oxygen atoms in total. The fourth-order valence-electron chi connectivity index (χ4n) is 1.66. The van der Waals surface area contributed by atoms with E-state index in [1.54, 1.807) is 6.07 Å². The van der Waals surface area contributed by atoms with Crippen LogP contribution in [0.3, 0.4) is 0 Å². The molecule has 0 saturated heterocycles. The summed E-state index contributed by atoms with van der Waals surface area (Å²) in [5.74, 6) is -0.581. The Kier molecular flexibility index (Phi) is 4.37. The van der Waals surface area contributed by atoms with Gasteiger partial charge in [0.15, 0.2) is 0 Å². The maximum atomic E-state index is 13.0. The van der Waals surface area contributed by atoms with Crippen molar-refractivity contribution in [2.24, 2.45) is 0 Å². The van der Waals surface area contributed by atoms with Crippen LogP contribution in [0.15, 0.2) is 45.3 Å². The minimum absolute atomic E-state index is 0.225. The lowest BCUT2D eigenvalue weighted by Gasteiger charge is -2.09. The van der Waals surface area contributed by atoms with Gasteiger partial charge in [0.2, 0.25) is 0 Å². The molecule has 0 aromatic heterocycles. The van der Waals surface area contributed by atoms with Gasteiger partial charge in [-0.1, -0.05) is 15.9 Å². The highest BCUT2D eigenvalue weighted by Gasteiger charge is 2.11. The molecule has 5 heteroatoms. The lowest BCUT2D eigenvalue weighted by atomic mass is 10.1. The van der Waals surface area contributed by atoms with E-state index in [0.29, 0.717) is 15.7 Å². The average molecular weight is 387 g/mol. The molecule has 1 amide bonds. The standard InChI is InChI=1S/C14H10Br2FNO/c1-8-6-9(15)2-4-11(8)14(19)18-13-5-3-10(17)7-12(13)16/h2-7H,1H3,(H,18,19). The number of amides is 1. The maximum Gasteiger partial charge on any atom is 0.255 e. The van der Waals surface area contributed by atoms with Crippen LogP contribution >= 0.6 is 31.9 Å². The van der Waals surface area contributed by atoms with Gasteiger partial charge in [0, 0.05) is 14.5 Å². The molecule has 2 aromatic rings. The third-order valence-electron chi connectivity index (χ3n) is 2.61. The topological polar surface area (TPSA) is 29.1 Å². The first-order valence-corrected chi connectivity index (χ1v) is 7.08. The second-order valence-electron chi connectivity index (χ2n) is 4.04. The molecule has 0 aliphatic carbocycles. The third kappa shape index (κ3) is 3.42. The SMILES string of the molecule is Cc1cc(Br)ccc1C(=O)Nc1ccc(F)cc1Br. The number of carbonyl (C=O) groups is 1. The highest BCUT2D eigenvalue weighted by atomic mass is 79.9. The quantitative estimate of drug-likeness (QED) is 0.780. The molecule has 0 spiro atoms. The molecule has 2 rings (SSSR count). The van der Waals surface area contributed by atoms with Gasteiger partial charge < -0.3 is 5.32 Å². The molecule has 0 bridgehead atoms. The maximum absolute atomic E-state index is 13.0. The van der Waals surface area contributed by atoms with E-state index in [1.807, 2.05) is 19.1 Å². The van der Waals surface area contributed by atoms with E-state index in [-0.39, 0.29) is 11.7 Å². The predicted octanol–water partition coefficient (Wildman–Crippen LogP) is 4.91. The zero-order valence-corrected chi connectivity index (χ0v) is 13.2. The van der Waals surface area contributed by atoms with Crippen LogP contribution in [0.5, 0.6) is 0 Å². The summed E-state index contributed by atoms with van der Waals surface area (Å²) in [6.45, 7) is 1.86. The summed E-state index contributed by atoms with van der Waals surface area (Å²) in [4.78, 5) is 12.1. The van der Waals surface area contributed by atoms with Crippen molar-refractivity contribution in [1.29, 1.82) is 0 Å². The lowest BCUT2D eigenvalue weighted by Crippen LogP contribution is -2.13. The number of nitrogens with one attached hydrogen (secondary N) is 1. The van der Waals surface area contributed by atoms with Crippen LogP contribution < -0.4 is 5.32 Å². The molecule has 19 heavy (non-hydrogen) atoms. The van der Waals surface area contributed by atoms with Gasteiger partial charge in [-0.15, -0.1) is 0 Å². The monoisotopic (exact) mass is 385 g/mol. The Bertz CT molecular complexity index is 643. The minimum Gasteiger partial charge on any atom is -0.321 e. The van der Waals surface area contributed by atoms with Gasteiger partial charge in [-0.25, -0.2) is 4.39 Å². The van der Waals surface area contributed by atoms with Gasteiger partial charge in [0.05, 0.1) is 5.69 Å². The van der Waals surface area contributed by atoms with Crippen LogP contribution in [-0.2, 0) is 0 Å². The zero-order chi connectivity index (χ0) is 14.0. The fraction of sp³-hybridized carbons (Fsp3) is 0.0714. The summed E-state index contributed by atoms with van der Waals surface area (Å²) >= 11 is 6.57. The highest BCUT2D eigenvalue weighted by Crippen LogP contribution is 2.24. The number of aryl methyl sites for hydroxylation is 1. The lowest BCUT2D eigenvalue weighted by molar-refractivity contribution is 0.102. The molecule has 0 atom stereocenters. The molecule has 0 heterocycles. The number of hydrogen-bond acceptors (Lipinski definition) is 1. The van der Waals surface area contributed by atoms with Gasteiger partial charge in [-0.2, -0.15) is 0 Å². The van der Waals surface area contributed by atoms with E-state index in [4.69, 9.17) is 0 Å². The van der Waals surface area contributed by atoms with Crippen molar-refractivity contribution in [1.82, 2.24) is 0 Å². The molecular formula is C14H10Br2FNO. The Labute approximate surface area is 127 Å². The van der Waals surface area contributed by atoms with E-state index in [9.17, 15) is 9.18 Å². The molecule has 0 radical (unpaired) electrons. The Morgan fingerprint density at radius 2 is 1.89 bits per heavy atom. The Balaban J connectivity index is 2.25. The van der Waals surface area contributed by atoms with Crippen LogP contribution in [-0.4, -0.2) is 5.91 Å². The second kappa shape index (κ2) is 5.84. The van der Waals surface area contributed by atoms with E-state index in [0.717, 1.165) is 10.0 Å². The van der Waals surface area contributed by atoms with Crippen LogP contribution in [0.2, 0.25) is 0 Å². The molecule has 0 unspecified atom stereocenters. The van der Waals surface area contributed by atoms with Gasteiger partial charge in [-0.05, 0) is 64.8 Å². The first kappa shape index (κ1) is 14.2. The van der Waals surface area contributed by atoms with Crippen molar-refractivity contribution >= 4 is 43.5 Å². The number of halogens is 3. The molecule has 98 valence electrons. The van der Waals surface area contributed by atoms with Gasteiger partial charge in [0.25, 0.3) is 5.91 Å². The second-order valence-corrected chi connectivity index (χ2v) is 5.81. The normalized spacial score (nSPS) is 10.3. The summed E-state index contributed by atoms with van der Waals surface area (Å²) in [5.41, 5.74) is 1.98. The van der Waals surface area contributed by atoms with Crippen molar-refractivity contribution in [2.75, 3.05) is 5.32 Å². The minimum atomic E-state index is -0.357. The van der Waals surface area contributed by atoms with E-state index < -0.39 is 0 Å². The van der Waals surface area contributed by atoms with Crippen molar-refractivity contribution < 1.29 is 9.18 Å². The van der Waals surface area contributed by atoms with Crippen molar-refractivity contribution in [3.05, 3.63) is 62.3 Å². The number of carbonyl (C=O) groups excluding carboxylic acids is 1. The van der Waals surface area contributed by atoms with Crippen LogP contribution in [0.25, 0.3) is 0 Å². The highest BCUT2D eigenvalue weighted by molar-refractivity contribution is 9.10. The molecule has 2 aromatic carbocycles. The molecule has 0 fully saturated rings. The van der Waals surface area contributed by atoms with E-state index >= 15 is 0 Å². The van der Waals surface area contributed by atoms with Crippen LogP contribution in [0, 0.1) is 12.7 Å². The molecule has 0 aliphatic rings. The Hall–Kier alpha value is -1.20. The molecular weight excluding hydrogens is 377 g/mol. The van der Waals surface area contributed by atoms with Gasteiger partial charge in [0.1, 0.15) is 5.82 Å². The summed E-state index contributed by atoms with van der Waals surface area (Å²) in [7, 11) is 0. The largest absolute Gasteiger partial charge is 0.321 e. The number of hydrogen-bond donors (Lipinski definition) is 1. The van der Waals surface area contributed by atoms with Gasteiger partial charge >= 0.3 is 0 Å². The summed E-state index contributed by atoms with van der Waals surface area (Å²) < 4.78 is 14.4. The van der Waals surface area contributed by atoms with E-state index in [1.165, 1.54) is 18.2 Å².